The van der Waals surface area contributed by atoms with Crippen LogP contribution in [0.3, 0.4) is 0 Å². The van der Waals surface area contributed by atoms with Crippen molar-refractivity contribution in [2.24, 2.45) is 0 Å². The number of halogens is 1. The first kappa shape index (κ1) is 30.4. The maximum Gasteiger partial charge on any atom is 0.261 e. The summed E-state index contributed by atoms with van der Waals surface area (Å²) in [5, 5.41) is 3.92. The number of rotatable bonds is 10. The molecule has 0 atom stereocenters. The highest BCUT2D eigenvalue weighted by atomic mass is 35.5. The van der Waals surface area contributed by atoms with E-state index in [1.165, 1.54) is 19.2 Å². The normalized spacial score (nSPS) is 13.9. The molecule has 1 saturated heterocycles. The fourth-order valence-electron chi connectivity index (χ4n) is 4.53. The number of sulfonamides is 1. The van der Waals surface area contributed by atoms with Crippen molar-refractivity contribution in [2.45, 2.75) is 4.90 Å². The van der Waals surface area contributed by atoms with Crippen LogP contribution in [0.1, 0.15) is 10.4 Å². The number of carbonyl (C=O) groups is 1. The molecule has 1 aliphatic rings. The fourth-order valence-corrected chi connectivity index (χ4v) is 6.64. The van der Waals surface area contributed by atoms with Crippen molar-refractivity contribution in [1.82, 2.24) is 15.2 Å². The molecule has 0 aliphatic carbocycles. The number of amides is 1. The number of thiazole rings is 1. The minimum atomic E-state index is -3.88. The van der Waals surface area contributed by atoms with Crippen molar-refractivity contribution in [1.29, 1.82) is 0 Å². The van der Waals surface area contributed by atoms with E-state index in [4.69, 9.17) is 14.5 Å². The zero-order valence-corrected chi connectivity index (χ0v) is 25.2. The quantitative estimate of drug-likeness (QED) is 0.274. The molecular weight excluding hydrogens is 586 g/mol. The van der Waals surface area contributed by atoms with Gasteiger partial charge in [0, 0.05) is 39.3 Å². The highest BCUT2D eigenvalue weighted by molar-refractivity contribution is 7.92. The number of nitrogens with one attached hydrogen (secondary N) is 2. The van der Waals surface area contributed by atoms with E-state index in [-0.39, 0.29) is 34.5 Å². The Balaban J connectivity index is 0.00000387. The van der Waals surface area contributed by atoms with Crippen LogP contribution in [0.5, 0.6) is 11.5 Å². The van der Waals surface area contributed by atoms with E-state index in [2.05, 4.69) is 25.9 Å². The van der Waals surface area contributed by atoms with Crippen molar-refractivity contribution in [3.8, 4) is 11.5 Å². The molecule has 0 unspecified atom stereocenters. The van der Waals surface area contributed by atoms with Crippen molar-refractivity contribution in [3.05, 3.63) is 72.3 Å². The zero-order valence-electron chi connectivity index (χ0n) is 22.7. The molecule has 4 aromatic rings. The van der Waals surface area contributed by atoms with Crippen LogP contribution in [-0.4, -0.2) is 77.7 Å². The molecule has 41 heavy (non-hydrogen) atoms. The number of methoxy groups -OCH3 is 2. The van der Waals surface area contributed by atoms with Crippen LogP contribution in [0.15, 0.2) is 71.6 Å². The Morgan fingerprint density at radius 2 is 1.68 bits per heavy atom. The Labute approximate surface area is 249 Å². The van der Waals surface area contributed by atoms with Crippen molar-refractivity contribution in [3.63, 3.8) is 0 Å². The summed E-state index contributed by atoms with van der Waals surface area (Å²) in [6.45, 7) is 4.50. The summed E-state index contributed by atoms with van der Waals surface area (Å²) < 4.78 is 40.0. The summed E-state index contributed by atoms with van der Waals surface area (Å²) in [6, 6.07) is 18.6. The molecule has 1 amide bonds. The molecule has 5 rings (SSSR count). The summed E-state index contributed by atoms with van der Waals surface area (Å²) in [6.07, 6.45) is 0. The summed E-state index contributed by atoms with van der Waals surface area (Å²) in [5.74, 6) is 0.997. The molecule has 1 fully saturated rings. The van der Waals surface area contributed by atoms with Crippen LogP contribution in [-0.2, 0) is 10.0 Å². The number of hydrogen-bond donors (Lipinski definition) is 2. The lowest BCUT2D eigenvalue weighted by molar-refractivity contribution is 0.0948. The molecule has 10 nitrogen and oxygen atoms in total. The Morgan fingerprint density at radius 1 is 0.951 bits per heavy atom. The van der Waals surface area contributed by atoms with Gasteiger partial charge < -0.3 is 19.7 Å². The van der Waals surface area contributed by atoms with Crippen LogP contribution >= 0.6 is 23.7 Å². The number of anilines is 2. The van der Waals surface area contributed by atoms with Crippen LogP contribution in [0.4, 0.5) is 10.8 Å². The highest BCUT2D eigenvalue weighted by Gasteiger charge is 2.22. The van der Waals surface area contributed by atoms with E-state index in [1.54, 1.807) is 54.8 Å². The number of para-hydroxylation sites is 2. The molecule has 0 saturated carbocycles. The van der Waals surface area contributed by atoms with Crippen LogP contribution in [0.25, 0.3) is 10.2 Å². The molecule has 0 spiro atoms. The monoisotopic (exact) mass is 617 g/mol. The minimum absolute atomic E-state index is 0. The van der Waals surface area contributed by atoms with E-state index >= 15 is 0 Å². The van der Waals surface area contributed by atoms with E-state index in [0.717, 1.165) is 47.3 Å². The maximum atomic E-state index is 13.0. The molecule has 0 bridgehead atoms. The smallest absolute Gasteiger partial charge is 0.261 e. The van der Waals surface area contributed by atoms with Gasteiger partial charge in [0.25, 0.3) is 15.9 Å². The van der Waals surface area contributed by atoms with Crippen LogP contribution < -0.4 is 24.4 Å². The van der Waals surface area contributed by atoms with Gasteiger partial charge in [0.1, 0.15) is 17.0 Å². The lowest BCUT2D eigenvalue weighted by Gasteiger charge is -2.34. The average Bonchev–Trinajstić information content (AvgIpc) is 3.42. The standard InChI is InChI=1S/C28H31N5O5S2.ClH/c1-37-20-10-12-21(13-11-20)40(35,36)31-23-7-4-3-6-22(23)27(34)29-14-15-32-16-18-33(19-17-32)28-30-26-24(38-2)8-5-9-25(26)39-28;/h3-13,31H,14-19H2,1-2H3,(H,29,34);1H. The third kappa shape index (κ3) is 7.02. The minimum Gasteiger partial charge on any atom is -0.497 e. The molecule has 2 heterocycles. The van der Waals surface area contributed by atoms with Crippen molar-refractivity contribution >= 4 is 60.7 Å². The third-order valence-electron chi connectivity index (χ3n) is 6.73. The predicted octanol–water partition coefficient (Wildman–Crippen LogP) is 4.09. The molecule has 13 heteroatoms. The highest BCUT2D eigenvalue weighted by Crippen LogP contribution is 2.34. The van der Waals surface area contributed by atoms with Crippen LogP contribution in [0, 0.1) is 0 Å². The Kier molecular flexibility index (Phi) is 9.92. The Hall–Kier alpha value is -3.58. The Bertz CT molecular complexity index is 1590. The number of piperazine rings is 1. The first-order valence-corrected chi connectivity index (χ1v) is 15.1. The summed E-state index contributed by atoms with van der Waals surface area (Å²) in [5.41, 5.74) is 1.37. The van der Waals surface area contributed by atoms with E-state index < -0.39 is 10.0 Å². The number of aromatic nitrogens is 1. The largest absolute Gasteiger partial charge is 0.497 e. The molecule has 0 radical (unpaired) electrons. The van der Waals surface area contributed by atoms with Crippen LogP contribution in [0.2, 0.25) is 0 Å². The number of fused-ring (bicyclic) bond motifs is 1. The zero-order chi connectivity index (χ0) is 28.1. The fraction of sp³-hybridized carbons (Fsp3) is 0.286. The predicted molar refractivity (Wildman–Crippen MR) is 165 cm³/mol. The van der Waals surface area contributed by atoms with Gasteiger partial charge in [-0.15, -0.1) is 12.4 Å². The number of carbonyl (C=O) groups excluding carboxylic acids is 1. The van der Waals surface area contributed by atoms with Gasteiger partial charge in [0.05, 0.1) is 35.1 Å². The second-order valence-electron chi connectivity index (χ2n) is 9.21. The molecule has 3 aromatic carbocycles. The van der Waals surface area contributed by atoms with Gasteiger partial charge in [-0.2, -0.15) is 0 Å². The first-order valence-electron chi connectivity index (χ1n) is 12.8. The number of benzene rings is 3. The summed E-state index contributed by atoms with van der Waals surface area (Å²) in [7, 11) is -0.712. The lowest BCUT2D eigenvalue weighted by atomic mass is 10.1. The van der Waals surface area contributed by atoms with Crippen molar-refractivity contribution < 1.29 is 22.7 Å². The summed E-state index contributed by atoms with van der Waals surface area (Å²) >= 11 is 1.66. The van der Waals surface area contributed by atoms with Gasteiger partial charge in [-0.25, -0.2) is 13.4 Å². The maximum absolute atomic E-state index is 13.0. The number of nitrogens with zero attached hydrogens (tertiary/aromatic N) is 3. The second-order valence-corrected chi connectivity index (χ2v) is 11.9. The molecule has 1 aromatic heterocycles. The summed E-state index contributed by atoms with van der Waals surface area (Å²) in [4.78, 5) is 22.4. The van der Waals surface area contributed by atoms with E-state index in [0.29, 0.717) is 18.8 Å². The van der Waals surface area contributed by atoms with E-state index in [9.17, 15) is 13.2 Å². The number of ether oxygens (including phenoxy) is 2. The first-order chi connectivity index (χ1) is 19.4. The molecule has 218 valence electrons. The number of hydrogen-bond acceptors (Lipinski definition) is 9. The topological polar surface area (TPSA) is 113 Å². The van der Waals surface area contributed by atoms with Gasteiger partial charge in [-0.3, -0.25) is 14.4 Å². The van der Waals surface area contributed by atoms with Gasteiger partial charge in [0.2, 0.25) is 0 Å². The second kappa shape index (κ2) is 13.4. The van der Waals surface area contributed by atoms with Gasteiger partial charge in [-0.05, 0) is 48.5 Å². The molecule has 2 N–H and O–H groups in total. The van der Waals surface area contributed by atoms with E-state index in [1.807, 2.05) is 12.1 Å². The SMILES string of the molecule is COc1ccc(S(=O)(=O)Nc2ccccc2C(=O)NCCN2CCN(c3nc4c(OC)cccc4s3)CC2)cc1.Cl. The third-order valence-corrected chi connectivity index (χ3v) is 9.20. The van der Waals surface area contributed by atoms with Crippen molar-refractivity contribution in [2.75, 3.05) is 63.1 Å². The Morgan fingerprint density at radius 3 is 2.39 bits per heavy atom. The van der Waals surface area contributed by atoms with Gasteiger partial charge >= 0.3 is 0 Å². The lowest BCUT2D eigenvalue weighted by Crippen LogP contribution is -2.48. The average molecular weight is 618 g/mol. The molecule has 1 aliphatic heterocycles. The molecular formula is C28H32ClN5O5S2. The van der Waals surface area contributed by atoms with Gasteiger partial charge in [0.15, 0.2) is 5.13 Å². The van der Waals surface area contributed by atoms with Gasteiger partial charge in [-0.1, -0.05) is 29.5 Å².